The molecular weight excluding hydrogens is 358 g/mol. The highest BCUT2D eigenvalue weighted by Crippen LogP contribution is 2.29. The van der Waals surface area contributed by atoms with Crippen molar-refractivity contribution in [3.8, 4) is 17.2 Å². The number of hydrazone groups is 1. The maximum atomic E-state index is 12.4. The van der Waals surface area contributed by atoms with Crippen molar-refractivity contribution in [2.45, 2.75) is 26.6 Å². The second kappa shape index (κ2) is 9.51. The van der Waals surface area contributed by atoms with Crippen LogP contribution in [-0.2, 0) is 0 Å². The second-order valence-corrected chi connectivity index (χ2v) is 5.65. The molecule has 8 heteroatoms. The normalized spacial score (nSPS) is 11.1. The van der Waals surface area contributed by atoms with E-state index in [1.807, 2.05) is 13.8 Å². The smallest absolute Gasteiger partial charge is 0.387 e. The average molecular weight is 378 g/mol. The Hall–Kier alpha value is -3.16. The summed E-state index contributed by atoms with van der Waals surface area (Å²) < 4.78 is 40.0. The minimum absolute atomic E-state index is 0.0395. The van der Waals surface area contributed by atoms with E-state index < -0.39 is 12.5 Å². The number of hydrogen-bond donors (Lipinski definition) is 1. The maximum absolute atomic E-state index is 12.4. The Morgan fingerprint density at radius 2 is 1.81 bits per heavy atom. The minimum Gasteiger partial charge on any atom is -0.493 e. The van der Waals surface area contributed by atoms with Crippen LogP contribution in [0, 0.1) is 0 Å². The maximum Gasteiger partial charge on any atom is 0.387 e. The van der Waals surface area contributed by atoms with Crippen molar-refractivity contribution < 1.29 is 27.8 Å². The third kappa shape index (κ3) is 5.95. The van der Waals surface area contributed by atoms with Gasteiger partial charge >= 0.3 is 6.61 Å². The summed E-state index contributed by atoms with van der Waals surface area (Å²) in [7, 11) is 1.47. The van der Waals surface area contributed by atoms with Crippen molar-refractivity contribution >= 4 is 12.1 Å². The number of amides is 1. The molecule has 0 aliphatic carbocycles. The van der Waals surface area contributed by atoms with Gasteiger partial charge in [0.1, 0.15) is 5.75 Å². The molecule has 0 fully saturated rings. The quantitative estimate of drug-likeness (QED) is 0.560. The molecule has 0 spiro atoms. The van der Waals surface area contributed by atoms with Gasteiger partial charge in [-0.25, -0.2) is 5.43 Å². The number of carbonyl (C=O) groups is 1. The summed E-state index contributed by atoms with van der Waals surface area (Å²) >= 11 is 0. The third-order valence-corrected chi connectivity index (χ3v) is 3.29. The Morgan fingerprint density at radius 3 is 2.48 bits per heavy atom. The Labute approximate surface area is 155 Å². The summed E-state index contributed by atoms with van der Waals surface area (Å²) in [5.41, 5.74) is 2.94. The molecule has 1 N–H and O–H groups in total. The van der Waals surface area contributed by atoms with E-state index in [2.05, 4.69) is 15.3 Å². The number of methoxy groups -OCH3 is 1. The van der Waals surface area contributed by atoms with Gasteiger partial charge in [-0.05, 0) is 44.2 Å². The van der Waals surface area contributed by atoms with Crippen LogP contribution in [0.5, 0.6) is 17.2 Å². The second-order valence-electron chi connectivity index (χ2n) is 5.65. The molecule has 0 aliphatic heterocycles. The van der Waals surface area contributed by atoms with Crippen molar-refractivity contribution in [1.29, 1.82) is 0 Å². The summed E-state index contributed by atoms with van der Waals surface area (Å²) in [6, 6.07) is 10.8. The number of ether oxygens (including phenoxy) is 3. The Morgan fingerprint density at radius 1 is 1.07 bits per heavy atom. The van der Waals surface area contributed by atoms with Gasteiger partial charge in [-0.3, -0.25) is 4.79 Å². The number of hydrogen-bond acceptors (Lipinski definition) is 5. The highest BCUT2D eigenvalue weighted by molar-refractivity contribution is 5.95. The Bertz CT molecular complexity index is 810. The molecule has 0 heterocycles. The molecule has 27 heavy (non-hydrogen) atoms. The predicted octanol–water partition coefficient (Wildman–Crippen LogP) is 3.85. The van der Waals surface area contributed by atoms with E-state index in [4.69, 9.17) is 9.47 Å². The minimum atomic E-state index is -2.95. The zero-order chi connectivity index (χ0) is 19.8. The lowest BCUT2D eigenvalue weighted by atomic mass is 10.2. The zero-order valence-electron chi connectivity index (χ0n) is 15.1. The van der Waals surface area contributed by atoms with Crippen LogP contribution in [0.15, 0.2) is 47.6 Å². The molecule has 1 amide bonds. The van der Waals surface area contributed by atoms with Crippen LogP contribution in [0.3, 0.4) is 0 Å². The van der Waals surface area contributed by atoms with Gasteiger partial charge in [0.05, 0.1) is 19.4 Å². The standard InChI is InChI=1S/C19H20F2N2O4/c1-12(2)26-16-9-8-13(10-17(16)25-3)18(24)23-22-11-14-6-4-5-7-15(14)27-19(20)21/h4-12,19H,1-3H3,(H,23,24)/b22-11-. The van der Waals surface area contributed by atoms with Crippen molar-refractivity contribution in [1.82, 2.24) is 5.43 Å². The molecule has 2 aromatic carbocycles. The highest BCUT2D eigenvalue weighted by Gasteiger charge is 2.12. The van der Waals surface area contributed by atoms with E-state index >= 15 is 0 Å². The van der Waals surface area contributed by atoms with Crippen molar-refractivity contribution in [2.75, 3.05) is 7.11 Å². The molecule has 0 aliphatic rings. The van der Waals surface area contributed by atoms with Crippen molar-refractivity contribution in [3.63, 3.8) is 0 Å². The van der Waals surface area contributed by atoms with Gasteiger partial charge in [0.2, 0.25) is 0 Å². The molecule has 2 aromatic rings. The summed E-state index contributed by atoms with van der Waals surface area (Å²) in [5.74, 6) is 0.400. The van der Waals surface area contributed by atoms with Crippen LogP contribution in [0.4, 0.5) is 8.78 Å². The zero-order valence-corrected chi connectivity index (χ0v) is 15.1. The number of alkyl halides is 2. The van der Waals surface area contributed by atoms with Crippen LogP contribution in [0.25, 0.3) is 0 Å². The first kappa shape index (κ1) is 20.2. The van der Waals surface area contributed by atoms with Gasteiger partial charge in [0, 0.05) is 11.1 Å². The van der Waals surface area contributed by atoms with Crippen LogP contribution < -0.4 is 19.6 Å². The molecule has 2 rings (SSSR count). The average Bonchev–Trinajstić information content (AvgIpc) is 2.62. The summed E-state index contributed by atoms with van der Waals surface area (Å²) in [5, 5.41) is 3.79. The van der Waals surface area contributed by atoms with E-state index in [-0.39, 0.29) is 11.9 Å². The number of carbonyl (C=O) groups excluding carboxylic acids is 1. The Balaban J connectivity index is 2.09. The fourth-order valence-corrected chi connectivity index (χ4v) is 2.18. The monoisotopic (exact) mass is 378 g/mol. The van der Waals surface area contributed by atoms with E-state index in [0.29, 0.717) is 22.6 Å². The van der Waals surface area contributed by atoms with E-state index in [9.17, 15) is 13.6 Å². The lowest BCUT2D eigenvalue weighted by Crippen LogP contribution is -2.18. The molecule has 0 saturated carbocycles. The predicted molar refractivity (Wildman–Crippen MR) is 96.9 cm³/mol. The lowest BCUT2D eigenvalue weighted by molar-refractivity contribution is -0.0499. The van der Waals surface area contributed by atoms with E-state index in [1.165, 1.54) is 31.5 Å². The Kier molecular flexibility index (Phi) is 7.10. The van der Waals surface area contributed by atoms with Gasteiger partial charge in [0.15, 0.2) is 11.5 Å². The summed E-state index contributed by atoms with van der Waals surface area (Å²) in [6.45, 7) is 0.808. The molecule has 0 atom stereocenters. The molecule has 0 saturated heterocycles. The van der Waals surface area contributed by atoms with Crippen LogP contribution in [0.1, 0.15) is 29.8 Å². The first-order valence-corrected chi connectivity index (χ1v) is 8.12. The molecule has 6 nitrogen and oxygen atoms in total. The number of halogens is 2. The number of rotatable bonds is 8. The van der Waals surface area contributed by atoms with Crippen LogP contribution in [-0.4, -0.2) is 31.9 Å². The third-order valence-electron chi connectivity index (χ3n) is 3.29. The molecule has 0 radical (unpaired) electrons. The van der Waals surface area contributed by atoms with E-state index in [1.54, 1.807) is 24.3 Å². The molecule has 0 aromatic heterocycles. The lowest BCUT2D eigenvalue weighted by Gasteiger charge is -2.14. The van der Waals surface area contributed by atoms with Gasteiger partial charge in [-0.1, -0.05) is 12.1 Å². The van der Waals surface area contributed by atoms with Crippen LogP contribution >= 0.6 is 0 Å². The van der Waals surface area contributed by atoms with Gasteiger partial charge < -0.3 is 14.2 Å². The van der Waals surface area contributed by atoms with Gasteiger partial charge in [0.25, 0.3) is 5.91 Å². The van der Waals surface area contributed by atoms with Crippen molar-refractivity contribution in [3.05, 3.63) is 53.6 Å². The van der Waals surface area contributed by atoms with Gasteiger partial charge in [-0.2, -0.15) is 13.9 Å². The van der Waals surface area contributed by atoms with Crippen molar-refractivity contribution in [2.24, 2.45) is 5.10 Å². The van der Waals surface area contributed by atoms with Gasteiger partial charge in [-0.15, -0.1) is 0 Å². The largest absolute Gasteiger partial charge is 0.493 e. The number of benzene rings is 2. The molecule has 0 unspecified atom stereocenters. The molecule has 0 bridgehead atoms. The molecule has 144 valence electrons. The topological polar surface area (TPSA) is 69.2 Å². The highest BCUT2D eigenvalue weighted by atomic mass is 19.3. The number of nitrogens with zero attached hydrogens (tertiary/aromatic N) is 1. The SMILES string of the molecule is COc1cc(C(=O)N/N=C\c2ccccc2OC(F)F)ccc1OC(C)C. The fourth-order valence-electron chi connectivity index (χ4n) is 2.18. The first-order valence-electron chi connectivity index (χ1n) is 8.12. The number of nitrogens with one attached hydrogen (secondary N) is 1. The fraction of sp³-hybridized carbons (Fsp3) is 0.263. The molecular formula is C19H20F2N2O4. The van der Waals surface area contributed by atoms with E-state index in [0.717, 1.165) is 0 Å². The summed E-state index contributed by atoms with van der Waals surface area (Å²) in [4.78, 5) is 12.2. The number of para-hydroxylation sites is 1. The van der Waals surface area contributed by atoms with Crippen LogP contribution in [0.2, 0.25) is 0 Å². The summed E-state index contributed by atoms with van der Waals surface area (Å²) in [6.07, 6.45) is 1.18. The first-order chi connectivity index (χ1) is 12.9.